The van der Waals surface area contributed by atoms with Gasteiger partial charge in [-0.2, -0.15) is 0 Å². The third-order valence-corrected chi connectivity index (χ3v) is 4.52. The van der Waals surface area contributed by atoms with Crippen LogP contribution < -0.4 is 15.8 Å². The maximum atomic E-state index is 13.1. The van der Waals surface area contributed by atoms with Crippen molar-refractivity contribution in [2.75, 3.05) is 11.9 Å². The number of fused-ring (bicyclic) bond motifs is 1. The predicted octanol–water partition coefficient (Wildman–Crippen LogP) is 4.02. The number of carbonyl (C=O) groups excluding carboxylic acids is 2. The summed E-state index contributed by atoms with van der Waals surface area (Å²) in [5.74, 6) is -0.296. The molecule has 0 spiro atoms. The summed E-state index contributed by atoms with van der Waals surface area (Å²) in [4.78, 5) is 28.6. The van der Waals surface area contributed by atoms with E-state index in [1.54, 1.807) is 30.3 Å². The Kier molecular flexibility index (Phi) is 5.39. The SMILES string of the molecule is NC(=O)COc1ccc(NC(=O)c2cc(-c3ccccc3)nc3ccccc23)cc1. The molecule has 0 aliphatic carbocycles. The van der Waals surface area contributed by atoms with Crippen LogP contribution >= 0.6 is 0 Å². The molecule has 0 saturated carbocycles. The van der Waals surface area contributed by atoms with Gasteiger partial charge in [-0.3, -0.25) is 9.59 Å². The van der Waals surface area contributed by atoms with Crippen LogP contribution in [0.2, 0.25) is 0 Å². The van der Waals surface area contributed by atoms with Crippen molar-refractivity contribution in [2.45, 2.75) is 0 Å². The van der Waals surface area contributed by atoms with Crippen molar-refractivity contribution in [1.82, 2.24) is 4.98 Å². The first-order chi connectivity index (χ1) is 14.6. The van der Waals surface area contributed by atoms with Crippen LogP contribution in [-0.2, 0) is 4.79 Å². The fourth-order valence-corrected chi connectivity index (χ4v) is 3.11. The first-order valence-corrected chi connectivity index (χ1v) is 9.38. The lowest BCUT2D eigenvalue weighted by Crippen LogP contribution is -2.20. The maximum absolute atomic E-state index is 13.1. The summed E-state index contributed by atoms with van der Waals surface area (Å²) < 4.78 is 5.24. The number of aromatic nitrogens is 1. The third-order valence-electron chi connectivity index (χ3n) is 4.52. The van der Waals surface area contributed by atoms with Gasteiger partial charge in [0, 0.05) is 16.6 Å². The van der Waals surface area contributed by atoms with Crippen molar-refractivity contribution in [3.8, 4) is 17.0 Å². The van der Waals surface area contributed by atoms with Crippen LogP contribution in [0, 0.1) is 0 Å². The largest absolute Gasteiger partial charge is 0.484 e. The van der Waals surface area contributed by atoms with E-state index in [4.69, 9.17) is 15.5 Å². The van der Waals surface area contributed by atoms with Gasteiger partial charge in [-0.05, 0) is 36.4 Å². The smallest absolute Gasteiger partial charge is 0.256 e. The Labute approximate surface area is 173 Å². The van der Waals surface area contributed by atoms with E-state index in [0.29, 0.717) is 17.0 Å². The summed E-state index contributed by atoms with van der Waals surface area (Å²) in [6, 6.07) is 25.8. The Morgan fingerprint density at radius 2 is 1.60 bits per heavy atom. The first-order valence-electron chi connectivity index (χ1n) is 9.38. The molecule has 1 heterocycles. The lowest BCUT2D eigenvalue weighted by atomic mass is 10.0. The highest BCUT2D eigenvalue weighted by molar-refractivity contribution is 6.13. The Morgan fingerprint density at radius 3 is 2.33 bits per heavy atom. The number of amides is 2. The highest BCUT2D eigenvalue weighted by Crippen LogP contribution is 2.26. The maximum Gasteiger partial charge on any atom is 0.256 e. The second-order valence-corrected chi connectivity index (χ2v) is 6.67. The molecule has 6 heteroatoms. The third kappa shape index (κ3) is 4.28. The molecule has 0 radical (unpaired) electrons. The molecule has 0 atom stereocenters. The minimum absolute atomic E-state index is 0.197. The summed E-state index contributed by atoms with van der Waals surface area (Å²) in [5.41, 5.74) is 8.63. The van der Waals surface area contributed by atoms with Crippen LogP contribution in [0.15, 0.2) is 84.9 Å². The molecule has 0 bridgehead atoms. The van der Waals surface area contributed by atoms with Gasteiger partial charge in [0.2, 0.25) is 0 Å². The fraction of sp³-hybridized carbons (Fsp3) is 0.0417. The zero-order valence-corrected chi connectivity index (χ0v) is 16.0. The lowest BCUT2D eigenvalue weighted by Gasteiger charge is -2.11. The number of rotatable bonds is 6. The number of ether oxygens (including phenoxy) is 1. The van der Waals surface area contributed by atoms with E-state index < -0.39 is 5.91 Å². The minimum atomic E-state index is -0.550. The van der Waals surface area contributed by atoms with E-state index in [0.717, 1.165) is 22.2 Å². The summed E-state index contributed by atoms with van der Waals surface area (Å²) in [5, 5.41) is 3.68. The summed E-state index contributed by atoms with van der Waals surface area (Å²) in [6.07, 6.45) is 0. The number of anilines is 1. The topological polar surface area (TPSA) is 94.3 Å². The zero-order chi connectivity index (χ0) is 20.9. The van der Waals surface area contributed by atoms with E-state index in [2.05, 4.69) is 5.32 Å². The van der Waals surface area contributed by atoms with Crippen LogP contribution in [-0.4, -0.2) is 23.4 Å². The van der Waals surface area contributed by atoms with E-state index in [-0.39, 0.29) is 12.5 Å². The number of hydrogen-bond donors (Lipinski definition) is 2. The molecule has 1 aromatic heterocycles. The summed E-state index contributed by atoms with van der Waals surface area (Å²) in [6.45, 7) is -0.197. The molecule has 0 saturated heterocycles. The molecule has 148 valence electrons. The number of nitrogens with two attached hydrogens (primary N) is 1. The van der Waals surface area contributed by atoms with Gasteiger partial charge in [0.05, 0.1) is 16.8 Å². The zero-order valence-electron chi connectivity index (χ0n) is 16.0. The molecular weight excluding hydrogens is 378 g/mol. The Hall–Kier alpha value is -4.19. The van der Waals surface area contributed by atoms with Gasteiger partial charge in [0.25, 0.3) is 11.8 Å². The average molecular weight is 397 g/mol. The van der Waals surface area contributed by atoms with Gasteiger partial charge < -0.3 is 15.8 Å². The van der Waals surface area contributed by atoms with E-state index in [1.807, 2.05) is 54.6 Å². The van der Waals surface area contributed by atoms with Crippen LogP contribution in [0.25, 0.3) is 22.2 Å². The summed E-state index contributed by atoms with van der Waals surface area (Å²) >= 11 is 0. The molecule has 0 aliphatic rings. The number of benzene rings is 3. The molecule has 2 amide bonds. The molecule has 0 fully saturated rings. The Balaban J connectivity index is 1.63. The van der Waals surface area contributed by atoms with Crippen LogP contribution in [0.4, 0.5) is 5.69 Å². The van der Waals surface area contributed by atoms with Gasteiger partial charge in [-0.15, -0.1) is 0 Å². The van der Waals surface area contributed by atoms with Gasteiger partial charge >= 0.3 is 0 Å². The number of nitrogens with one attached hydrogen (secondary N) is 1. The predicted molar refractivity (Wildman–Crippen MR) is 116 cm³/mol. The van der Waals surface area contributed by atoms with Crippen molar-refractivity contribution < 1.29 is 14.3 Å². The van der Waals surface area contributed by atoms with Crippen molar-refractivity contribution in [2.24, 2.45) is 5.73 Å². The van der Waals surface area contributed by atoms with Gasteiger partial charge in [-0.25, -0.2) is 4.98 Å². The van der Waals surface area contributed by atoms with E-state index in [1.165, 1.54) is 0 Å². The fourth-order valence-electron chi connectivity index (χ4n) is 3.11. The molecule has 4 aromatic rings. The normalized spacial score (nSPS) is 10.5. The molecule has 6 nitrogen and oxygen atoms in total. The van der Waals surface area contributed by atoms with E-state index >= 15 is 0 Å². The minimum Gasteiger partial charge on any atom is -0.484 e. The van der Waals surface area contributed by atoms with Crippen molar-refractivity contribution in [3.05, 3.63) is 90.5 Å². The highest BCUT2D eigenvalue weighted by atomic mass is 16.5. The molecule has 3 N–H and O–H groups in total. The van der Waals surface area contributed by atoms with Gasteiger partial charge in [-0.1, -0.05) is 48.5 Å². The Morgan fingerprint density at radius 1 is 0.900 bits per heavy atom. The second-order valence-electron chi connectivity index (χ2n) is 6.67. The molecule has 0 unspecified atom stereocenters. The van der Waals surface area contributed by atoms with Crippen molar-refractivity contribution in [1.29, 1.82) is 0 Å². The molecular formula is C24H19N3O3. The van der Waals surface area contributed by atoms with Gasteiger partial charge in [0.1, 0.15) is 5.75 Å². The standard InChI is InChI=1S/C24H19N3O3/c25-23(28)15-30-18-12-10-17(11-13-18)26-24(29)20-14-22(16-6-2-1-3-7-16)27-21-9-5-4-8-19(20)21/h1-14H,15H2,(H2,25,28)(H,26,29). The number of primary amides is 1. The number of carbonyl (C=O) groups is 2. The van der Waals surface area contributed by atoms with Crippen molar-refractivity contribution >= 4 is 28.4 Å². The van der Waals surface area contributed by atoms with Crippen LogP contribution in [0.1, 0.15) is 10.4 Å². The average Bonchev–Trinajstić information content (AvgIpc) is 2.78. The van der Waals surface area contributed by atoms with Crippen LogP contribution in [0.5, 0.6) is 5.75 Å². The number of pyridine rings is 1. The lowest BCUT2D eigenvalue weighted by molar-refractivity contribution is -0.119. The van der Waals surface area contributed by atoms with Crippen LogP contribution in [0.3, 0.4) is 0 Å². The van der Waals surface area contributed by atoms with E-state index in [9.17, 15) is 9.59 Å². The number of hydrogen-bond acceptors (Lipinski definition) is 4. The molecule has 3 aromatic carbocycles. The number of nitrogens with zero attached hydrogens (tertiary/aromatic N) is 1. The number of para-hydroxylation sites is 1. The van der Waals surface area contributed by atoms with Crippen molar-refractivity contribution in [3.63, 3.8) is 0 Å². The van der Waals surface area contributed by atoms with Gasteiger partial charge in [0.15, 0.2) is 6.61 Å². The molecule has 0 aliphatic heterocycles. The molecule has 4 rings (SSSR count). The monoisotopic (exact) mass is 397 g/mol. The first kappa shape index (κ1) is 19.1. The Bertz CT molecular complexity index is 1210. The summed E-state index contributed by atoms with van der Waals surface area (Å²) in [7, 11) is 0. The second kappa shape index (κ2) is 8.45. The quantitative estimate of drug-likeness (QED) is 0.514. The highest BCUT2D eigenvalue weighted by Gasteiger charge is 2.14. The molecule has 30 heavy (non-hydrogen) atoms.